The smallest absolute Gasteiger partial charge is 0.341 e. The van der Waals surface area contributed by atoms with Gasteiger partial charge in [-0.1, -0.05) is 6.92 Å². The first kappa shape index (κ1) is 18.9. The highest BCUT2D eigenvalue weighted by Crippen LogP contribution is 2.40. The standard InChI is InChI=1S/C18H28N2O3S/c1-6-23-17(22)15-12-8-7-11(2)9-13(12)24-16(15)20-14(21)10-19-18(3,4)5/h11,19H,6-10H2,1-5H3,(H,20,21)/t11-/m0/s1. The number of thiophene rings is 1. The molecule has 2 N–H and O–H groups in total. The number of hydrogen-bond donors (Lipinski definition) is 2. The second-order valence-electron chi connectivity index (χ2n) is 7.43. The van der Waals surface area contributed by atoms with Crippen LogP contribution >= 0.6 is 11.3 Å². The van der Waals surface area contributed by atoms with E-state index in [1.807, 2.05) is 20.8 Å². The third-order valence-corrected chi connectivity index (χ3v) is 5.19. The van der Waals surface area contributed by atoms with Crippen LogP contribution < -0.4 is 10.6 Å². The number of carbonyl (C=O) groups excluding carboxylic acids is 2. The fourth-order valence-electron chi connectivity index (χ4n) is 2.77. The molecule has 1 atom stereocenters. The van der Waals surface area contributed by atoms with Crippen molar-refractivity contribution in [1.82, 2.24) is 5.32 Å². The molecule has 0 aliphatic heterocycles. The summed E-state index contributed by atoms with van der Waals surface area (Å²) in [5, 5.41) is 6.70. The summed E-state index contributed by atoms with van der Waals surface area (Å²) in [6.07, 6.45) is 2.90. The molecule has 0 spiro atoms. The van der Waals surface area contributed by atoms with Crippen molar-refractivity contribution in [1.29, 1.82) is 0 Å². The predicted octanol–water partition coefficient (Wildman–Crippen LogP) is 3.38. The Bertz CT molecular complexity index is 617. The monoisotopic (exact) mass is 352 g/mol. The van der Waals surface area contributed by atoms with Gasteiger partial charge in [-0.25, -0.2) is 4.79 Å². The van der Waals surface area contributed by atoms with Gasteiger partial charge in [0, 0.05) is 10.4 Å². The third kappa shape index (κ3) is 4.80. The molecule has 0 bridgehead atoms. The number of ether oxygens (including phenoxy) is 1. The van der Waals surface area contributed by atoms with E-state index in [2.05, 4.69) is 17.6 Å². The predicted molar refractivity (Wildman–Crippen MR) is 97.8 cm³/mol. The minimum absolute atomic E-state index is 0.134. The fraction of sp³-hybridized carbons (Fsp3) is 0.667. The topological polar surface area (TPSA) is 67.4 Å². The summed E-state index contributed by atoms with van der Waals surface area (Å²) in [6, 6.07) is 0. The van der Waals surface area contributed by atoms with E-state index in [0.29, 0.717) is 23.1 Å². The van der Waals surface area contributed by atoms with Crippen LogP contribution in [0.15, 0.2) is 0 Å². The second kappa shape index (κ2) is 7.66. The lowest BCUT2D eigenvalue weighted by Gasteiger charge is -2.20. The lowest BCUT2D eigenvalue weighted by Crippen LogP contribution is -2.41. The van der Waals surface area contributed by atoms with Crippen molar-refractivity contribution in [2.24, 2.45) is 5.92 Å². The number of fused-ring (bicyclic) bond motifs is 1. The molecule has 1 amide bonds. The highest BCUT2D eigenvalue weighted by Gasteiger charge is 2.29. The highest BCUT2D eigenvalue weighted by atomic mass is 32.1. The van der Waals surface area contributed by atoms with E-state index in [9.17, 15) is 9.59 Å². The van der Waals surface area contributed by atoms with Crippen molar-refractivity contribution in [3.63, 3.8) is 0 Å². The lowest BCUT2D eigenvalue weighted by molar-refractivity contribution is -0.115. The van der Waals surface area contributed by atoms with Gasteiger partial charge in [0.15, 0.2) is 0 Å². The van der Waals surface area contributed by atoms with Gasteiger partial charge in [0.25, 0.3) is 0 Å². The largest absolute Gasteiger partial charge is 0.462 e. The van der Waals surface area contributed by atoms with Crippen molar-refractivity contribution in [2.45, 2.75) is 59.4 Å². The van der Waals surface area contributed by atoms with E-state index in [0.717, 1.165) is 24.8 Å². The first-order valence-corrected chi connectivity index (χ1v) is 9.39. The van der Waals surface area contributed by atoms with E-state index in [1.54, 1.807) is 6.92 Å². The van der Waals surface area contributed by atoms with Gasteiger partial charge in [0.2, 0.25) is 5.91 Å². The lowest BCUT2D eigenvalue weighted by atomic mass is 9.88. The van der Waals surface area contributed by atoms with Crippen molar-refractivity contribution >= 4 is 28.2 Å². The van der Waals surface area contributed by atoms with Gasteiger partial charge in [-0.05, 0) is 58.4 Å². The molecule has 1 aromatic heterocycles. The highest BCUT2D eigenvalue weighted by molar-refractivity contribution is 7.17. The molecule has 0 radical (unpaired) electrons. The summed E-state index contributed by atoms with van der Waals surface area (Å²) in [5.41, 5.74) is 1.49. The molecular weight excluding hydrogens is 324 g/mol. The number of hydrogen-bond acceptors (Lipinski definition) is 5. The number of anilines is 1. The van der Waals surface area contributed by atoms with Crippen LogP contribution in [0.5, 0.6) is 0 Å². The molecule has 1 heterocycles. The van der Waals surface area contributed by atoms with Crippen molar-refractivity contribution in [2.75, 3.05) is 18.5 Å². The molecule has 0 saturated heterocycles. The van der Waals surface area contributed by atoms with Crippen LogP contribution in [0.3, 0.4) is 0 Å². The van der Waals surface area contributed by atoms with Crippen LogP contribution in [0.2, 0.25) is 0 Å². The van der Waals surface area contributed by atoms with E-state index in [4.69, 9.17) is 4.74 Å². The second-order valence-corrected chi connectivity index (χ2v) is 8.53. The quantitative estimate of drug-likeness (QED) is 0.797. The van der Waals surface area contributed by atoms with E-state index in [1.165, 1.54) is 16.2 Å². The molecule has 6 heteroatoms. The summed E-state index contributed by atoms with van der Waals surface area (Å²) < 4.78 is 5.22. The van der Waals surface area contributed by atoms with Crippen LogP contribution in [0.25, 0.3) is 0 Å². The summed E-state index contributed by atoms with van der Waals surface area (Å²) in [4.78, 5) is 25.9. The fourth-order valence-corrected chi connectivity index (χ4v) is 4.19. The Morgan fingerprint density at radius 2 is 2.04 bits per heavy atom. The molecule has 1 aliphatic rings. The molecular formula is C18H28N2O3S. The molecule has 0 saturated carbocycles. The Kier molecular flexibility index (Phi) is 6.04. The molecule has 134 valence electrons. The maximum atomic E-state index is 12.4. The van der Waals surface area contributed by atoms with Gasteiger partial charge in [-0.2, -0.15) is 0 Å². The van der Waals surface area contributed by atoms with Gasteiger partial charge >= 0.3 is 5.97 Å². The SMILES string of the molecule is CCOC(=O)c1c(NC(=O)CNC(C)(C)C)sc2c1CC[C@H](C)C2. The van der Waals surface area contributed by atoms with Crippen molar-refractivity contribution in [3.8, 4) is 0 Å². The molecule has 0 unspecified atom stereocenters. The van der Waals surface area contributed by atoms with Gasteiger partial charge in [0.05, 0.1) is 18.7 Å². The van der Waals surface area contributed by atoms with Gasteiger partial charge in [0.1, 0.15) is 5.00 Å². The zero-order valence-electron chi connectivity index (χ0n) is 15.2. The van der Waals surface area contributed by atoms with Gasteiger partial charge in [-0.3, -0.25) is 4.79 Å². The Hall–Kier alpha value is -1.40. The molecule has 5 nitrogen and oxygen atoms in total. The third-order valence-electron chi connectivity index (χ3n) is 4.02. The maximum Gasteiger partial charge on any atom is 0.341 e. The molecule has 24 heavy (non-hydrogen) atoms. The van der Waals surface area contributed by atoms with Crippen LogP contribution in [0.1, 0.15) is 61.8 Å². The van der Waals surface area contributed by atoms with Crippen LogP contribution in [0.4, 0.5) is 5.00 Å². The Balaban J connectivity index is 2.22. The zero-order valence-corrected chi connectivity index (χ0v) is 16.1. The van der Waals surface area contributed by atoms with Crippen LogP contribution in [-0.2, 0) is 22.4 Å². The number of amides is 1. The average Bonchev–Trinajstić information content (AvgIpc) is 2.81. The van der Waals surface area contributed by atoms with E-state index < -0.39 is 0 Å². The van der Waals surface area contributed by atoms with Gasteiger partial charge < -0.3 is 15.4 Å². The maximum absolute atomic E-state index is 12.4. The molecule has 0 fully saturated rings. The Morgan fingerprint density at radius 3 is 2.67 bits per heavy atom. The van der Waals surface area contributed by atoms with Crippen LogP contribution in [-0.4, -0.2) is 30.6 Å². The van der Waals surface area contributed by atoms with Gasteiger partial charge in [-0.15, -0.1) is 11.3 Å². The first-order chi connectivity index (χ1) is 11.2. The number of rotatable bonds is 5. The minimum Gasteiger partial charge on any atom is -0.462 e. The zero-order chi connectivity index (χ0) is 17.9. The number of carbonyl (C=O) groups is 2. The molecule has 1 aliphatic carbocycles. The number of nitrogens with one attached hydrogen (secondary N) is 2. The van der Waals surface area contributed by atoms with Crippen molar-refractivity contribution in [3.05, 3.63) is 16.0 Å². The molecule has 1 aromatic rings. The number of esters is 1. The van der Waals surface area contributed by atoms with Crippen LogP contribution in [0, 0.1) is 5.92 Å². The van der Waals surface area contributed by atoms with Crippen molar-refractivity contribution < 1.29 is 14.3 Å². The summed E-state index contributed by atoms with van der Waals surface area (Å²) in [7, 11) is 0. The van der Waals surface area contributed by atoms with E-state index >= 15 is 0 Å². The summed E-state index contributed by atoms with van der Waals surface area (Å²) in [6.45, 7) is 10.6. The normalized spacial score (nSPS) is 17.3. The summed E-state index contributed by atoms with van der Waals surface area (Å²) >= 11 is 1.52. The minimum atomic E-state index is -0.330. The summed E-state index contributed by atoms with van der Waals surface area (Å²) in [5.74, 6) is 0.142. The Morgan fingerprint density at radius 1 is 1.33 bits per heavy atom. The average molecular weight is 353 g/mol. The molecule has 2 rings (SSSR count). The molecule has 0 aromatic carbocycles. The van der Waals surface area contributed by atoms with E-state index in [-0.39, 0.29) is 24.0 Å². The Labute approximate surface area is 148 Å². The first-order valence-electron chi connectivity index (χ1n) is 8.57.